The molecule has 1 aliphatic rings. The molecule has 7 heteroatoms. The Morgan fingerprint density at radius 3 is 2.43 bits per heavy atom. The van der Waals surface area contributed by atoms with Gasteiger partial charge in [0.25, 0.3) is 10.2 Å². The predicted molar refractivity (Wildman–Crippen MR) is 86.1 cm³/mol. The van der Waals surface area contributed by atoms with Crippen LogP contribution < -0.4 is 0 Å². The van der Waals surface area contributed by atoms with Crippen LogP contribution in [0.15, 0.2) is 28.7 Å². The molecule has 5 nitrogen and oxygen atoms in total. The van der Waals surface area contributed by atoms with Gasteiger partial charge in [-0.3, -0.25) is 0 Å². The van der Waals surface area contributed by atoms with Crippen molar-refractivity contribution in [3.8, 4) is 0 Å². The van der Waals surface area contributed by atoms with E-state index in [4.69, 9.17) is 4.74 Å². The first kappa shape index (κ1) is 16.9. The maximum Gasteiger partial charge on any atom is 0.282 e. The molecule has 1 saturated heterocycles. The topological polar surface area (TPSA) is 49.9 Å². The molecule has 1 fully saturated rings. The zero-order valence-corrected chi connectivity index (χ0v) is 14.9. The Labute approximate surface area is 135 Å². The Balaban J connectivity index is 2.13. The number of hydrogen-bond donors (Lipinski definition) is 0. The van der Waals surface area contributed by atoms with Crippen LogP contribution in [0.25, 0.3) is 0 Å². The van der Waals surface area contributed by atoms with E-state index < -0.39 is 10.2 Å². The number of hydrogen-bond acceptors (Lipinski definition) is 3. The van der Waals surface area contributed by atoms with Crippen molar-refractivity contribution >= 4 is 26.1 Å². The first-order valence-corrected chi connectivity index (χ1v) is 9.10. The van der Waals surface area contributed by atoms with E-state index in [1.165, 1.54) is 8.61 Å². The quantitative estimate of drug-likeness (QED) is 0.809. The monoisotopic (exact) mass is 376 g/mol. The third-order valence-corrected chi connectivity index (χ3v) is 6.10. The molecule has 0 saturated carbocycles. The second-order valence-corrected chi connectivity index (χ2v) is 8.32. The largest absolute Gasteiger partial charge is 0.373 e. The third-order valence-electron chi connectivity index (χ3n) is 3.46. The number of morpholine rings is 1. The lowest BCUT2D eigenvalue weighted by atomic mass is 10.2. The van der Waals surface area contributed by atoms with E-state index in [0.717, 1.165) is 10.0 Å². The Morgan fingerprint density at radius 1 is 1.29 bits per heavy atom. The van der Waals surface area contributed by atoms with Crippen molar-refractivity contribution < 1.29 is 13.2 Å². The lowest BCUT2D eigenvalue weighted by Gasteiger charge is -2.36. The molecule has 1 aromatic rings. The lowest BCUT2D eigenvalue weighted by molar-refractivity contribution is -0.0453. The van der Waals surface area contributed by atoms with E-state index in [0.29, 0.717) is 19.6 Å². The smallest absolute Gasteiger partial charge is 0.282 e. The van der Waals surface area contributed by atoms with Crippen LogP contribution in [0.2, 0.25) is 0 Å². The van der Waals surface area contributed by atoms with Gasteiger partial charge in [0.15, 0.2) is 0 Å². The highest BCUT2D eigenvalue weighted by Crippen LogP contribution is 2.21. The van der Waals surface area contributed by atoms with E-state index in [-0.39, 0.29) is 12.2 Å². The minimum Gasteiger partial charge on any atom is -0.373 e. The summed E-state index contributed by atoms with van der Waals surface area (Å²) in [5.41, 5.74) is 0.943. The average molecular weight is 377 g/mol. The van der Waals surface area contributed by atoms with Gasteiger partial charge in [-0.25, -0.2) is 0 Å². The molecular weight excluding hydrogens is 356 g/mol. The SMILES string of the molecule is C[C@H]1CN(S(=O)(=O)N(C)Cc2ccccc2Br)C[C@H](C)O1. The van der Waals surface area contributed by atoms with Gasteiger partial charge in [0.1, 0.15) is 0 Å². The van der Waals surface area contributed by atoms with Crippen molar-refractivity contribution in [2.45, 2.75) is 32.6 Å². The number of ether oxygens (including phenoxy) is 1. The van der Waals surface area contributed by atoms with Crippen molar-refractivity contribution in [3.63, 3.8) is 0 Å². The van der Waals surface area contributed by atoms with Crippen LogP contribution in [0.1, 0.15) is 19.4 Å². The van der Waals surface area contributed by atoms with Gasteiger partial charge in [0.2, 0.25) is 0 Å². The Hall–Kier alpha value is -0.470. The molecule has 0 unspecified atom stereocenters. The van der Waals surface area contributed by atoms with Crippen LogP contribution >= 0.6 is 15.9 Å². The minimum absolute atomic E-state index is 0.0830. The molecule has 21 heavy (non-hydrogen) atoms. The van der Waals surface area contributed by atoms with Crippen LogP contribution in [0.4, 0.5) is 0 Å². The number of benzene rings is 1. The zero-order valence-electron chi connectivity index (χ0n) is 12.5. The van der Waals surface area contributed by atoms with E-state index >= 15 is 0 Å². The molecule has 0 radical (unpaired) electrons. The van der Waals surface area contributed by atoms with Gasteiger partial charge in [0.05, 0.1) is 12.2 Å². The van der Waals surface area contributed by atoms with E-state index in [1.54, 1.807) is 7.05 Å². The highest BCUT2D eigenvalue weighted by atomic mass is 79.9. The number of rotatable bonds is 4. The second-order valence-electron chi connectivity index (χ2n) is 5.43. The summed E-state index contributed by atoms with van der Waals surface area (Å²) in [5.74, 6) is 0. The van der Waals surface area contributed by atoms with E-state index in [2.05, 4.69) is 15.9 Å². The van der Waals surface area contributed by atoms with Gasteiger partial charge < -0.3 is 4.74 Å². The van der Waals surface area contributed by atoms with Gasteiger partial charge in [-0.15, -0.1) is 0 Å². The Bertz CT molecular complexity index is 584. The van der Waals surface area contributed by atoms with Crippen molar-refractivity contribution in [1.29, 1.82) is 0 Å². The molecule has 118 valence electrons. The number of nitrogens with zero attached hydrogens (tertiary/aromatic N) is 2. The molecule has 0 N–H and O–H groups in total. The molecule has 2 atom stereocenters. The molecular formula is C14H21BrN2O3S. The van der Waals surface area contributed by atoms with Gasteiger partial charge in [-0.1, -0.05) is 34.1 Å². The fraction of sp³-hybridized carbons (Fsp3) is 0.571. The van der Waals surface area contributed by atoms with Gasteiger partial charge >= 0.3 is 0 Å². The molecule has 0 bridgehead atoms. The van der Waals surface area contributed by atoms with Crippen molar-refractivity contribution in [3.05, 3.63) is 34.3 Å². The maximum absolute atomic E-state index is 12.7. The summed E-state index contributed by atoms with van der Waals surface area (Å²) in [6.45, 7) is 4.92. The van der Waals surface area contributed by atoms with Crippen molar-refractivity contribution in [2.75, 3.05) is 20.1 Å². The average Bonchev–Trinajstić information content (AvgIpc) is 2.40. The summed E-state index contributed by atoms with van der Waals surface area (Å²) in [6, 6.07) is 7.64. The molecule has 1 aliphatic heterocycles. The van der Waals surface area contributed by atoms with Crippen LogP contribution in [0, 0.1) is 0 Å². The van der Waals surface area contributed by atoms with Gasteiger partial charge in [-0.2, -0.15) is 17.0 Å². The normalized spacial score (nSPS) is 24.4. The first-order chi connectivity index (χ1) is 9.80. The predicted octanol–water partition coefficient (Wildman–Crippen LogP) is 2.23. The van der Waals surface area contributed by atoms with Crippen LogP contribution in [-0.2, 0) is 21.5 Å². The van der Waals surface area contributed by atoms with Crippen molar-refractivity contribution in [1.82, 2.24) is 8.61 Å². The summed E-state index contributed by atoms with van der Waals surface area (Å²) >= 11 is 3.45. The van der Waals surface area contributed by atoms with Gasteiger partial charge in [-0.05, 0) is 25.5 Å². The van der Waals surface area contributed by atoms with Gasteiger partial charge in [0, 0.05) is 31.2 Å². The Kier molecular flexibility index (Phi) is 5.43. The first-order valence-electron chi connectivity index (χ1n) is 6.91. The van der Waals surface area contributed by atoms with Crippen LogP contribution in [0.5, 0.6) is 0 Å². The highest BCUT2D eigenvalue weighted by molar-refractivity contribution is 9.10. The highest BCUT2D eigenvalue weighted by Gasteiger charge is 2.33. The summed E-state index contributed by atoms with van der Waals surface area (Å²) < 4.78 is 34.7. The fourth-order valence-electron chi connectivity index (χ4n) is 2.46. The molecule has 0 amide bonds. The molecule has 2 rings (SSSR count). The summed E-state index contributed by atoms with van der Waals surface area (Å²) in [6.07, 6.45) is -0.166. The molecule has 1 aromatic carbocycles. The summed E-state index contributed by atoms with van der Waals surface area (Å²) in [7, 11) is -1.87. The standard InChI is InChI=1S/C14H21BrN2O3S/c1-11-8-17(9-12(2)20-11)21(18,19)16(3)10-13-6-4-5-7-14(13)15/h4-7,11-12H,8-10H2,1-3H3/t11-,12-/m0/s1. The Morgan fingerprint density at radius 2 is 1.86 bits per heavy atom. The summed E-state index contributed by atoms with van der Waals surface area (Å²) in [5, 5.41) is 0. The van der Waals surface area contributed by atoms with Crippen LogP contribution in [-0.4, -0.2) is 49.4 Å². The number of halogens is 1. The second kappa shape index (κ2) is 6.75. The third kappa shape index (κ3) is 4.04. The van der Waals surface area contributed by atoms with E-state index in [9.17, 15) is 8.42 Å². The van der Waals surface area contributed by atoms with E-state index in [1.807, 2.05) is 38.1 Å². The fourth-order valence-corrected chi connectivity index (χ4v) is 4.37. The molecule has 0 aliphatic carbocycles. The van der Waals surface area contributed by atoms with Crippen molar-refractivity contribution in [2.24, 2.45) is 0 Å². The summed E-state index contributed by atoms with van der Waals surface area (Å²) in [4.78, 5) is 0. The zero-order chi connectivity index (χ0) is 15.6. The maximum atomic E-state index is 12.7. The van der Waals surface area contributed by atoms with Crippen LogP contribution in [0.3, 0.4) is 0 Å². The molecule has 0 spiro atoms. The lowest BCUT2D eigenvalue weighted by Crippen LogP contribution is -2.52. The minimum atomic E-state index is -3.48. The molecule has 0 aromatic heterocycles. The molecule has 1 heterocycles.